The van der Waals surface area contributed by atoms with Gasteiger partial charge in [0.15, 0.2) is 5.82 Å². The zero-order chi connectivity index (χ0) is 25.0. The van der Waals surface area contributed by atoms with Gasteiger partial charge in [0, 0.05) is 30.2 Å². The molecule has 0 spiro atoms. The van der Waals surface area contributed by atoms with Gasteiger partial charge < -0.3 is 16.0 Å². The Balaban J connectivity index is 0.000000841. The third kappa shape index (κ3) is 5.99. The predicted molar refractivity (Wildman–Crippen MR) is 142 cm³/mol. The fourth-order valence-corrected chi connectivity index (χ4v) is 3.39. The van der Waals surface area contributed by atoms with Crippen LogP contribution >= 0.6 is 0 Å². The first-order chi connectivity index (χ1) is 16.0. The molecule has 4 rings (SSSR count). The first-order valence-electron chi connectivity index (χ1n) is 11.8. The quantitative estimate of drug-likeness (QED) is 0.514. The summed E-state index contributed by atoms with van der Waals surface area (Å²) in [5.41, 5.74) is 7.14. The lowest BCUT2D eigenvalue weighted by atomic mass is 9.95. The minimum atomic E-state index is -0.230. The summed E-state index contributed by atoms with van der Waals surface area (Å²) < 4.78 is 1.93. The van der Waals surface area contributed by atoms with Gasteiger partial charge in [0.05, 0.1) is 11.7 Å². The Kier molecular flexibility index (Phi) is 11.3. The van der Waals surface area contributed by atoms with E-state index in [1.54, 1.807) is 6.20 Å². The maximum atomic E-state index is 4.91. The number of nitrogens with one attached hydrogen (secondary N) is 1. The Bertz CT molecular complexity index is 977. The van der Waals surface area contributed by atoms with E-state index in [-0.39, 0.29) is 5.54 Å². The number of imidazole rings is 1. The molecule has 0 saturated heterocycles. The highest BCUT2D eigenvalue weighted by atomic mass is 15.3. The van der Waals surface area contributed by atoms with Crippen molar-refractivity contribution in [2.45, 2.75) is 60.4 Å². The number of fused-ring (bicyclic) bond motifs is 1. The smallest absolute Gasteiger partial charge is 0.237 e. The summed E-state index contributed by atoms with van der Waals surface area (Å²) >= 11 is 0. The van der Waals surface area contributed by atoms with Gasteiger partial charge >= 0.3 is 0 Å². The number of hydrogen-bond acceptors (Lipinski definition) is 6. The van der Waals surface area contributed by atoms with Gasteiger partial charge in [-0.1, -0.05) is 71.5 Å². The summed E-state index contributed by atoms with van der Waals surface area (Å²) in [5, 5.41) is 3.37. The zero-order valence-electron chi connectivity index (χ0n) is 21.6. The SMILES string of the molecule is C=C1Nc2cnc(-n3ccnc3-c3ccccc3)nc2N(CCC)C1(C)C.CC.CC.CN. The molecule has 0 fully saturated rings. The lowest BCUT2D eigenvalue weighted by Crippen LogP contribution is -2.51. The minimum Gasteiger partial charge on any atom is -0.353 e. The van der Waals surface area contributed by atoms with Crippen molar-refractivity contribution in [3.05, 3.63) is 61.2 Å². The molecule has 3 heterocycles. The Morgan fingerprint density at radius 2 is 1.67 bits per heavy atom. The minimum absolute atomic E-state index is 0.230. The highest BCUT2D eigenvalue weighted by Gasteiger charge is 2.37. The molecule has 7 heteroatoms. The molecule has 0 radical (unpaired) electrons. The van der Waals surface area contributed by atoms with E-state index in [1.165, 1.54) is 7.05 Å². The summed E-state index contributed by atoms with van der Waals surface area (Å²) in [4.78, 5) is 16.3. The van der Waals surface area contributed by atoms with Crippen molar-refractivity contribution in [3.63, 3.8) is 0 Å². The average Bonchev–Trinajstić information content (AvgIpc) is 3.36. The van der Waals surface area contributed by atoms with Gasteiger partial charge in [-0.15, -0.1) is 0 Å². The largest absolute Gasteiger partial charge is 0.353 e. The van der Waals surface area contributed by atoms with Crippen molar-refractivity contribution in [2.24, 2.45) is 5.73 Å². The van der Waals surface area contributed by atoms with Crippen LogP contribution in [0.5, 0.6) is 0 Å². The fraction of sp³-hybridized carbons (Fsp3) is 0.423. The molecule has 33 heavy (non-hydrogen) atoms. The Hall–Kier alpha value is -3.19. The number of hydrogen-bond donors (Lipinski definition) is 2. The molecular formula is C26H41N7. The summed E-state index contributed by atoms with van der Waals surface area (Å²) in [6, 6.07) is 10.1. The maximum Gasteiger partial charge on any atom is 0.237 e. The van der Waals surface area contributed by atoms with Gasteiger partial charge in [0.2, 0.25) is 5.95 Å². The molecule has 0 amide bonds. The summed E-state index contributed by atoms with van der Waals surface area (Å²) in [5.74, 6) is 2.33. The first kappa shape index (κ1) is 27.8. The van der Waals surface area contributed by atoms with Crippen LogP contribution in [-0.2, 0) is 0 Å². The first-order valence-corrected chi connectivity index (χ1v) is 11.8. The number of nitrogens with two attached hydrogens (primary N) is 1. The topological polar surface area (TPSA) is 84.9 Å². The van der Waals surface area contributed by atoms with Crippen LogP contribution in [0.1, 0.15) is 54.9 Å². The Morgan fingerprint density at radius 3 is 2.27 bits per heavy atom. The normalized spacial score (nSPS) is 13.1. The zero-order valence-corrected chi connectivity index (χ0v) is 21.6. The standard InChI is InChI=1S/C21H24N6.2C2H6.CH5N/c1-5-12-27-19-17(24-15(2)21(27,3)4)14-23-20(25-19)26-13-11-22-18(26)16-9-7-6-8-10-16;3*1-2/h6-11,13-14,24H,2,5,12H2,1,3-4H3;2*1-2H3;2H2,1H3. The van der Waals surface area contributed by atoms with E-state index in [9.17, 15) is 0 Å². The van der Waals surface area contributed by atoms with E-state index in [1.807, 2.05) is 75.0 Å². The number of rotatable bonds is 4. The van der Waals surface area contributed by atoms with Crippen molar-refractivity contribution < 1.29 is 0 Å². The van der Waals surface area contributed by atoms with E-state index >= 15 is 0 Å². The van der Waals surface area contributed by atoms with Gasteiger partial charge in [-0.25, -0.2) is 9.97 Å². The molecule has 7 nitrogen and oxygen atoms in total. The molecule has 1 aliphatic rings. The third-order valence-electron chi connectivity index (χ3n) is 5.05. The van der Waals surface area contributed by atoms with E-state index < -0.39 is 0 Å². The van der Waals surface area contributed by atoms with Crippen molar-refractivity contribution in [3.8, 4) is 17.3 Å². The van der Waals surface area contributed by atoms with Crippen molar-refractivity contribution >= 4 is 11.5 Å². The molecule has 180 valence electrons. The summed E-state index contributed by atoms with van der Waals surface area (Å²) in [6.07, 6.45) is 6.53. The van der Waals surface area contributed by atoms with Crippen molar-refractivity contribution in [1.82, 2.24) is 19.5 Å². The molecule has 1 aliphatic heterocycles. The van der Waals surface area contributed by atoms with Gasteiger partial charge in [-0.3, -0.25) is 4.57 Å². The summed E-state index contributed by atoms with van der Waals surface area (Å²) in [7, 11) is 1.50. The predicted octanol–water partition coefficient (Wildman–Crippen LogP) is 5.89. The molecular weight excluding hydrogens is 410 g/mol. The fourth-order valence-electron chi connectivity index (χ4n) is 3.39. The van der Waals surface area contributed by atoms with E-state index in [2.05, 4.69) is 53.3 Å². The van der Waals surface area contributed by atoms with Crippen LogP contribution in [0.3, 0.4) is 0 Å². The second-order valence-electron chi connectivity index (χ2n) is 7.21. The van der Waals surface area contributed by atoms with Gasteiger partial charge in [-0.2, -0.15) is 4.98 Å². The van der Waals surface area contributed by atoms with Crippen LogP contribution in [0.4, 0.5) is 11.5 Å². The van der Waals surface area contributed by atoms with Crippen LogP contribution in [-0.4, -0.2) is 38.7 Å². The second kappa shape index (κ2) is 13.4. The van der Waals surface area contributed by atoms with E-state index in [0.29, 0.717) is 5.95 Å². The van der Waals surface area contributed by atoms with Gasteiger partial charge in [0.25, 0.3) is 0 Å². The molecule has 0 bridgehead atoms. The lowest BCUT2D eigenvalue weighted by Gasteiger charge is -2.45. The monoisotopic (exact) mass is 451 g/mol. The number of anilines is 2. The van der Waals surface area contributed by atoms with Crippen molar-refractivity contribution in [2.75, 3.05) is 23.8 Å². The lowest BCUT2D eigenvalue weighted by molar-refractivity contribution is 0.515. The molecule has 2 aromatic heterocycles. The van der Waals surface area contributed by atoms with Crippen LogP contribution in [0, 0.1) is 0 Å². The molecule has 1 aromatic carbocycles. The molecule has 0 saturated carbocycles. The maximum absolute atomic E-state index is 4.91. The Morgan fingerprint density at radius 1 is 1.03 bits per heavy atom. The van der Waals surface area contributed by atoms with Gasteiger partial charge in [0.1, 0.15) is 11.5 Å². The number of aromatic nitrogens is 4. The molecule has 3 aromatic rings. The number of benzene rings is 1. The Labute approximate surface area is 199 Å². The van der Waals surface area contributed by atoms with E-state index in [0.717, 1.165) is 41.6 Å². The van der Waals surface area contributed by atoms with Gasteiger partial charge in [-0.05, 0) is 27.3 Å². The van der Waals surface area contributed by atoms with Crippen LogP contribution < -0.4 is 16.0 Å². The summed E-state index contributed by atoms with van der Waals surface area (Å²) in [6.45, 7) is 19.6. The van der Waals surface area contributed by atoms with Crippen LogP contribution in [0.25, 0.3) is 17.3 Å². The third-order valence-corrected chi connectivity index (χ3v) is 5.05. The number of nitrogens with zero attached hydrogens (tertiary/aromatic N) is 5. The molecule has 0 unspecified atom stereocenters. The molecule has 0 aliphatic carbocycles. The van der Waals surface area contributed by atoms with Crippen LogP contribution in [0.2, 0.25) is 0 Å². The highest BCUT2D eigenvalue weighted by molar-refractivity contribution is 5.74. The molecule has 0 atom stereocenters. The average molecular weight is 452 g/mol. The highest BCUT2D eigenvalue weighted by Crippen LogP contribution is 2.39. The van der Waals surface area contributed by atoms with E-state index in [4.69, 9.17) is 4.98 Å². The second-order valence-corrected chi connectivity index (χ2v) is 7.21. The van der Waals surface area contributed by atoms with Crippen LogP contribution in [0.15, 0.2) is 61.2 Å². The molecule has 3 N–H and O–H groups in total. The van der Waals surface area contributed by atoms with Crippen molar-refractivity contribution in [1.29, 1.82) is 0 Å².